The highest BCUT2D eigenvalue weighted by Crippen LogP contribution is 2.38. The summed E-state index contributed by atoms with van der Waals surface area (Å²) in [5, 5.41) is 0.391. The fraction of sp³-hybridized carbons (Fsp3) is 0.500. The van der Waals surface area contributed by atoms with Gasteiger partial charge >= 0.3 is 17.8 Å². The average Bonchev–Trinajstić information content (AvgIpc) is 2.92. The second kappa shape index (κ2) is 14.6. The number of carbonyl (C=O) groups excluding carboxylic acids is 1. The second-order valence-electron chi connectivity index (χ2n) is 10.7. The van der Waals surface area contributed by atoms with Crippen molar-refractivity contribution in [3.05, 3.63) is 64.0 Å². The summed E-state index contributed by atoms with van der Waals surface area (Å²) in [6.07, 6.45) is -2.25. The van der Waals surface area contributed by atoms with Gasteiger partial charge < -0.3 is 13.9 Å². The Morgan fingerprint density at radius 1 is 0.881 bits per heavy atom. The van der Waals surface area contributed by atoms with Gasteiger partial charge in [-0.25, -0.2) is 13.6 Å². The highest BCUT2D eigenvalue weighted by Gasteiger charge is 2.35. The Morgan fingerprint density at radius 2 is 1.60 bits per heavy atom. The molecule has 0 radical (unpaired) electrons. The van der Waals surface area contributed by atoms with E-state index in [0.29, 0.717) is 17.4 Å². The van der Waals surface area contributed by atoms with Gasteiger partial charge in [0.15, 0.2) is 0 Å². The molecule has 0 bridgehead atoms. The van der Waals surface area contributed by atoms with Gasteiger partial charge in [-0.3, -0.25) is 4.79 Å². The molecule has 3 aromatic rings. The Hall–Kier alpha value is -3.43. The molecule has 2 aromatic carbocycles. The van der Waals surface area contributed by atoms with E-state index in [2.05, 4.69) is 0 Å². The fourth-order valence-electron chi connectivity index (χ4n) is 4.48. The molecule has 0 fully saturated rings. The van der Waals surface area contributed by atoms with Crippen molar-refractivity contribution in [2.24, 2.45) is 5.92 Å². The number of hydrogen-bond donors (Lipinski definition) is 0. The minimum absolute atomic E-state index is 0.0225. The molecule has 42 heavy (non-hydrogen) atoms. The highest BCUT2D eigenvalue weighted by atomic mass is 19.4. The Morgan fingerprint density at radius 3 is 2.26 bits per heavy atom. The molecular weight excluding hydrogens is 559 g/mol. The molecule has 10 heteroatoms. The van der Waals surface area contributed by atoms with Crippen LogP contribution < -0.4 is 10.4 Å². The minimum atomic E-state index is -4.66. The molecule has 0 saturated heterocycles. The molecule has 0 unspecified atom stereocenters. The molecule has 0 atom stereocenters. The first-order valence-electron chi connectivity index (χ1n) is 14.3. The molecule has 0 N–H and O–H groups in total. The first kappa shape index (κ1) is 33.1. The standard InChI is InChI=1S/C32H37F5O5/c1-4-5-6-9-22-10-13-25(27(18-22)32(35,36)37)26-19-23-11-12-24(20-28(23)42-30(26)39)40-16-7-14-31(33,34)15-8-17-41-29(38)21(2)3/h10-13,18-21H,4-9,14-17H2,1-3H3. The Kier molecular flexibility index (Phi) is 11.5. The quantitative estimate of drug-likeness (QED) is 0.0758. The number of alkyl halides is 5. The van der Waals surface area contributed by atoms with E-state index in [1.54, 1.807) is 19.9 Å². The van der Waals surface area contributed by atoms with Crippen molar-refractivity contribution in [3.63, 3.8) is 0 Å². The summed E-state index contributed by atoms with van der Waals surface area (Å²) in [4.78, 5) is 24.2. The highest BCUT2D eigenvalue weighted by molar-refractivity contribution is 5.83. The third kappa shape index (κ3) is 9.56. The monoisotopic (exact) mass is 596 g/mol. The molecule has 0 aliphatic rings. The van der Waals surface area contributed by atoms with Crippen LogP contribution in [-0.2, 0) is 22.1 Å². The zero-order chi connectivity index (χ0) is 30.9. The predicted molar refractivity (Wildman–Crippen MR) is 151 cm³/mol. The summed E-state index contributed by atoms with van der Waals surface area (Å²) in [5.74, 6) is -3.41. The first-order chi connectivity index (χ1) is 19.8. The summed E-state index contributed by atoms with van der Waals surface area (Å²) >= 11 is 0. The number of ether oxygens (including phenoxy) is 2. The number of unbranched alkanes of at least 4 members (excludes halogenated alkanes) is 2. The van der Waals surface area contributed by atoms with E-state index in [0.717, 1.165) is 25.3 Å². The van der Waals surface area contributed by atoms with Crippen LogP contribution in [0.4, 0.5) is 22.0 Å². The molecule has 1 aromatic heterocycles. The van der Waals surface area contributed by atoms with E-state index < -0.39 is 42.1 Å². The zero-order valence-electron chi connectivity index (χ0n) is 24.1. The van der Waals surface area contributed by atoms with Gasteiger partial charge in [0.05, 0.1) is 30.3 Å². The molecular formula is C32H37F5O5. The van der Waals surface area contributed by atoms with Gasteiger partial charge in [-0.05, 0) is 55.5 Å². The van der Waals surface area contributed by atoms with E-state index in [1.165, 1.54) is 30.3 Å². The summed E-state index contributed by atoms with van der Waals surface area (Å²) in [6, 6.07) is 9.84. The van der Waals surface area contributed by atoms with Crippen molar-refractivity contribution in [2.45, 2.75) is 84.2 Å². The van der Waals surface area contributed by atoms with Gasteiger partial charge in [0.2, 0.25) is 5.92 Å². The number of benzene rings is 2. The molecule has 0 saturated carbocycles. The average molecular weight is 597 g/mol. The molecule has 0 aliphatic heterocycles. The van der Waals surface area contributed by atoms with Gasteiger partial charge in [-0.2, -0.15) is 13.2 Å². The molecule has 0 spiro atoms. The third-order valence-electron chi connectivity index (χ3n) is 6.81. The molecule has 5 nitrogen and oxygen atoms in total. The van der Waals surface area contributed by atoms with Gasteiger partial charge in [0.25, 0.3) is 0 Å². The number of aryl methyl sites for hydroxylation is 1. The van der Waals surface area contributed by atoms with Crippen molar-refractivity contribution >= 4 is 16.9 Å². The SMILES string of the molecule is CCCCCc1ccc(-c2cc3ccc(OCCCC(F)(F)CCCOC(=O)C(C)C)cc3oc2=O)c(C(F)(F)F)c1. The van der Waals surface area contributed by atoms with Crippen molar-refractivity contribution in [1.82, 2.24) is 0 Å². The lowest BCUT2D eigenvalue weighted by molar-refractivity contribution is -0.148. The first-order valence-corrected chi connectivity index (χ1v) is 14.3. The van der Waals surface area contributed by atoms with Crippen LogP contribution in [0.3, 0.4) is 0 Å². The van der Waals surface area contributed by atoms with E-state index in [9.17, 15) is 31.5 Å². The maximum absolute atomic E-state index is 14.1. The minimum Gasteiger partial charge on any atom is -0.493 e. The van der Waals surface area contributed by atoms with Crippen LogP contribution in [0.15, 0.2) is 51.7 Å². The topological polar surface area (TPSA) is 65.7 Å². The number of carbonyl (C=O) groups is 1. The van der Waals surface area contributed by atoms with E-state index in [1.807, 2.05) is 6.92 Å². The van der Waals surface area contributed by atoms with Gasteiger partial charge in [-0.15, -0.1) is 0 Å². The second-order valence-corrected chi connectivity index (χ2v) is 10.7. The van der Waals surface area contributed by atoms with Gasteiger partial charge in [0.1, 0.15) is 11.3 Å². The predicted octanol–water partition coefficient (Wildman–Crippen LogP) is 8.99. The van der Waals surface area contributed by atoms with Crippen LogP contribution >= 0.6 is 0 Å². The van der Waals surface area contributed by atoms with E-state index >= 15 is 0 Å². The molecule has 1 heterocycles. The Labute approximate surface area is 242 Å². The number of rotatable bonds is 15. The molecule has 230 valence electrons. The Bertz CT molecular complexity index is 1390. The van der Waals surface area contributed by atoms with Crippen LogP contribution in [0.1, 0.15) is 76.8 Å². The van der Waals surface area contributed by atoms with Crippen LogP contribution in [0, 0.1) is 5.92 Å². The van der Waals surface area contributed by atoms with Crippen molar-refractivity contribution < 1.29 is 40.6 Å². The smallest absolute Gasteiger partial charge is 0.417 e. The summed E-state index contributed by atoms with van der Waals surface area (Å²) in [7, 11) is 0. The van der Waals surface area contributed by atoms with Gasteiger partial charge in [-0.1, -0.05) is 45.7 Å². The molecule has 0 aliphatic carbocycles. The lowest BCUT2D eigenvalue weighted by atomic mass is 9.95. The Balaban J connectivity index is 1.64. The lowest BCUT2D eigenvalue weighted by Crippen LogP contribution is -2.19. The van der Waals surface area contributed by atoms with Crippen molar-refractivity contribution in [1.29, 1.82) is 0 Å². The van der Waals surface area contributed by atoms with Crippen LogP contribution in [0.5, 0.6) is 5.75 Å². The lowest BCUT2D eigenvalue weighted by Gasteiger charge is -2.17. The van der Waals surface area contributed by atoms with Gasteiger partial charge in [0, 0.05) is 29.9 Å². The fourth-order valence-corrected chi connectivity index (χ4v) is 4.48. The molecule has 3 rings (SSSR count). The number of halogens is 5. The zero-order valence-corrected chi connectivity index (χ0v) is 24.1. The maximum Gasteiger partial charge on any atom is 0.417 e. The molecule has 0 amide bonds. The third-order valence-corrected chi connectivity index (χ3v) is 6.81. The largest absolute Gasteiger partial charge is 0.493 e. The van der Waals surface area contributed by atoms with Crippen molar-refractivity contribution in [2.75, 3.05) is 13.2 Å². The summed E-state index contributed by atoms with van der Waals surface area (Å²) < 4.78 is 85.9. The van der Waals surface area contributed by atoms with Crippen LogP contribution in [0.2, 0.25) is 0 Å². The number of esters is 1. The number of hydrogen-bond acceptors (Lipinski definition) is 5. The van der Waals surface area contributed by atoms with E-state index in [-0.39, 0.29) is 54.4 Å². The van der Waals surface area contributed by atoms with Crippen LogP contribution in [-0.4, -0.2) is 25.1 Å². The maximum atomic E-state index is 14.1. The summed E-state index contributed by atoms with van der Waals surface area (Å²) in [5.41, 5.74) is -1.62. The number of fused-ring (bicyclic) bond motifs is 1. The summed E-state index contributed by atoms with van der Waals surface area (Å²) in [6.45, 7) is 5.26. The van der Waals surface area contributed by atoms with E-state index in [4.69, 9.17) is 13.9 Å². The van der Waals surface area contributed by atoms with Crippen molar-refractivity contribution in [3.8, 4) is 16.9 Å². The normalized spacial score (nSPS) is 12.2. The van der Waals surface area contributed by atoms with Crippen LogP contribution in [0.25, 0.3) is 22.1 Å².